The third-order valence-corrected chi connectivity index (χ3v) is 3.66. The van der Waals surface area contributed by atoms with Crippen LogP contribution in [0.5, 0.6) is 0 Å². The number of rotatable bonds is 6. The van der Waals surface area contributed by atoms with Gasteiger partial charge in [0.1, 0.15) is 12.6 Å². The molecule has 1 aliphatic heterocycles. The molecule has 1 aliphatic carbocycles. The molecule has 2 N–H and O–H groups in total. The molecule has 0 radical (unpaired) electrons. The number of urea groups is 1. The molecule has 3 amide bonds. The normalized spacial score (nSPS) is 21.9. The first-order chi connectivity index (χ1) is 9.99. The maximum absolute atomic E-state index is 12.3. The van der Waals surface area contributed by atoms with Crippen LogP contribution in [0.15, 0.2) is 0 Å². The zero-order valence-corrected chi connectivity index (χ0v) is 12.1. The van der Waals surface area contributed by atoms with E-state index in [9.17, 15) is 14.4 Å². The van der Waals surface area contributed by atoms with Crippen molar-refractivity contribution in [3.05, 3.63) is 0 Å². The summed E-state index contributed by atoms with van der Waals surface area (Å²) < 4.78 is 5.45. The molecule has 0 aromatic heterocycles. The molecule has 0 aromatic carbocycles. The zero-order chi connectivity index (χ0) is 15.4. The van der Waals surface area contributed by atoms with Crippen LogP contribution in [0, 0.1) is 5.92 Å². The number of carboxylic acids is 1. The van der Waals surface area contributed by atoms with Gasteiger partial charge in [-0.25, -0.2) is 9.59 Å². The number of carbonyl (C=O) groups excluding carboxylic acids is 2. The van der Waals surface area contributed by atoms with E-state index in [1.807, 2.05) is 0 Å². The smallest absolute Gasteiger partial charge is 0.328 e. The molecule has 0 aromatic rings. The van der Waals surface area contributed by atoms with Gasteiger partial charge in [0.25, 0.3) is 0 Å². The summed E-state index contributed by atoms with van der Waals surface area (Å²) in [5.41, 5.74) is 0. The molecule has 0 bridgehead atoms. The molecular weight excluding hydrogens is 278 g/mol. The second-order valence-corrected chi connectivity index (χ2v) is 5.51. The Morgan fingerprint density at radius 2 is 2.19 bits per heavy atom. The van der Waals surface area contributed by atoms with E-state index in [4.69, 9.17) is 9.84 Å². The van der Waals surface area contributed by atoms with Crippen LogP contribution in [0.1, 0.15) is 12.8 Å². The highest BCUT2D eigenvalue weighted by Crippen LogP contribution is 2.28. The molecule has 1 saturated carbocycles. The summed E-state index contributed by atoms with van der Waals surface area (Å²) >= 11 is 0. The van der Waals surface area contributed by atoms with Crippen molar-refractivity contribution in [2.24, 2.45) is 5.92 Å². The first kappa shape index (κ1) is 15.6. The lowest BCUT2D eigenvalue weighted by Crippen LogP contribution is -2.61. The van der Waals surface area contributed by atoms with Crippen LogP contribution in [0.4, 0.5) is 4.79 Å². The number of nitrogens with one attached hydrogen (secondary N) is 1. The fourth-order valence-corrected chi connectivity index (χ4v) is 2.11. The number of hydrogen-bond donors (Lipinski definition) is 2. The number of carbonyl (C=O) groups is 3. The minimum absolute atomic E-state index is 0.0636. The topological polar surface area (TPSA) is 99.2 Å². The van der Waals surface area contributed by atoms with Gasteiger partial charge in [-0.2, -0.15) is 0 Å². The average Bonchev–Trinajstić information content (AvgIpc) is 3.26. The summed E-state index contributed by atoms with van der Waals surface area (Å²) in [5.74, 6) is -0.811. The average molecular weight is 299 g/mol. The van der Waals surface area contributed by atoms with Crippen LogP contribution in [0.2, 0.25) is 0 Å². The second kappa shape index (κ2) is 6.75. The third kappa shape index (κ3) is 4.32. The maximum Gasteiger partial charge on any atom is 0.328 e. The largest absolute Gasteiger partial charge is 0.480 e. The molecule has 1 unspecified atom stereocenters. The van der Waals surface area contributed by atoms with Crippen molar-refractivity contribution in [3.8, 4) is 0 Å². The van der Waals surface area contributed by atoms with Gasteiger partial charge in [-0.05, 0) is 18.8 Å². The van der Waals surface area contributed by atoms with E-state index >= 15 is 0 Å². The highest BCUT2D eigenvalue weighted by atomic mass is 16.5. The fourth-order valence-electron chi connectivity index (χ4n) is 2.11. The Bertz CT molecular complexity index is 424. The van der Waals surface area contributed by atoms with E-state index in [1.54, 1.807) is 7.05 Å². The number of carboxylic acid groups (broad SMARTS) is 1. The van der Waals surface area contributed by atoms with Gasteiger partial charge in [-0.1, -0.05) is 0 Å². The standard InChI is InChI=1S/C13H21N3O5/c1-15(4-5-21-8-9-2-3-9)13(20)16-7-11(17)14-6-10(16)12(18)19/h9-10H,2-8H2,1H3,(H,14,17)(H,18,19). The Morgan fingerprint density at radius 3 is 2.81 bits per heavy atom. The molecule has 21 heavy (non-hydrogen) atoms. The summed E-state index contributed by atoms with van der Waals surface area (Å²) in [6, 6.07) is -1.49. The highest BCUT2D eigenvalue weighted by Gasteiger charge is 2.36. The van der Waals surface area contributed by atoms with Crippen LogP contribution < -0.4 is 5.32 Å². The highest BCUT2D eigenvalue weighted by molar-refractivity contribution is 5.90. The molecule has 1 heterocycles. The third-order valence-electron chi connectivity index (χ3n) is 3.66. The fraction of sp³-hybridized carbons (Fsp3) is 0.769. The zero-order valence-electron chi connectivity index (χ0n) is 12.1. The van der Waals surface area contributed by atoms with Gasteiger partial charge in [-0.3, -0.25) is 9.69 Å². The van der Waals surface area contributed by atoms with Crippen LogP contribution in [0.25, 0.3) is 0 Å². The van der Waals surface area contributed by atoms with Gasteiger partial charge in [0.2, 0.25) is 5.91 Å². The van der Waals surface area contributed by atoms with Crippen molar-refractivity contribution in [1.29, 1.82) is 0 Å². The minimum atomic E-state index is -1.12. The number of nitrogens with zero attached hydrogens (tertiary/aromatic N) is 2. The number of likely N-dealkylation sites (N-methyl/N-ethyl adjacent to an activating group) is 1. The number of ether oxygens (including phenoxy) is 1. The van der Waals surface area contributed by atoms with Gasteiger partial charge in [0, 0.05) is 26.7 Å². The van der Waals surface area contributed by atoms with Crippen molar-refractivity contribution in [2.75, 3.05) is 39.9 Å². The molecular formula is C13H21N3O5. The predicted octanol–water partition coefficient (Wildman–Crippen LogP) is -0.650. The monoisotopic (exact) mass is 299 g/mol. The Hall–Kier alpha value is -1.83. The first-order valence-electron chi connectivity index (χ1n) is 7.08. The van der Waals surface area contributed by atoms with Crippen LogP contribution in [0.3, 0.4) is 0 Å². The van der Waals surface area contributed by atoms with E-state index in [2.05, 4.69) is 5.32 Å². The van der Waals surface area contributed by atoms with Gasteiger partial charge in [0.05, 0.1) is 6.61 Å². The molecule has 1 atom stereocenters. The van der Waals surface area contributed by atoms with E-state index in [0.29, 0.717) is 25.7 Å². The SMILES string of the molecule is CN(CCOCC1CC1)C(=O)N1CC(=O)NCC1C(=O)O. The Kier molecular flexibility index (Phi) is 5.00. The summed E-state index contributed by atoms with van der Waals surface area (Å²) in [6.07, 6.45) is 2.41. The molecule has 0 spiro atoms. The van der Waals surface area contributed by atoms with E-state index < -0.39 is 18.0 Å². The summed E-state index contributed by atoms with van der Waals surface area (Å²) in [7, 11) is 1.58. The number of amides is 3. The summed E-state index contributed by atoms with van der Waals surface area (Å²) in [4.78, 5) is 37.2. The molecule has 8 nitrogen and oxygen atoms in total. The maximum atomic E-state index is 12.3. The van der Waals surface area contributed by atoms with Crippen molar-refractivity contribution in [1.82, 2.24) is 15.1 Å². The number of aliphatic carboxylic acids is 1. The molecule has 118 valence electrons. The minimum Gasteiger partial charge on any atom is -0.480 e. The number of piperazine rings is 1. The second-order valence-electron chi connectivity index (χ2n) is 5.51. The van der Waals surface area contributed by atoms with E-state index in [0.717, 1.165) is 4.90 Å². The molecule has 2 fully saturated rings. The molecule has 8 heteroatoms. The van der Waals surface area contributed by atoms with Crippen molar-refractivity contribution >= 4 is 17.9 Å². The lowest BCUT2D eigenvalue weighted by atomic mass is 10.2. The van der Waals surface area contributed by atoms with Crippen molar-refractivity contribution in [3.63, 3.8) is 0 Å². The number of hydrogen-bond acceptors (Lipinski definition) is 4. The van der Waals surface area contributed by atoms with Gasteiger partial charge >= 0.3 is 12.0 Å². The van der Waals surface area contributed by atoms with Gasteiger partial charge in [-0.15, -0.1) is 0 Å². The lowest BCUT2D eigenvalue weighted by molar-refractivity contribution is -0.144. The molecule has 2 rings (SSSR count). The summed E-state index contributed by atoms with van der Waals surface area (Å²) in [5, 5.41) is 11.6. The molecule has 1 saturated heterocycles. The van der Waals surface area contributed by atoms with Crippen molar-refractivity contribution in [2.45, 2.75) is 18.9 Å². The lowest BCUT2D eigenvalue weighted by Gasteiger charge is -2.35. The van der Waals surface area contributed by atoms with Gasteiger partial charge in [0.15, 0.2) is 0 Å². The quantitative estimate of drug-likeness (QED) is 0.635. The van der Waals surface area contributed by atoms with Crippen molar-refractivity contribution < 1.29 is 24.2 Å². The van der Waals surface area contributed by atoms with Crippen LogP contribution >= 0.6 is 0 Å². The Morgan fingerprint density at radius 1 is 1.48 bits per heavy atom. The Labute approximate surface area is 123 Å². The first-order valence-corrected chi connectivity index (χ1v) is 7.08. The Balaban J connectivity index is 1.82. The van der Waals surface area contributed by atoms with Crippen LogP contribution in [-0.2, 0) is 14.3 Å². The predicted molar refractivity (Wildman–Crippen MR) is 72.7 cm³/mol. The van der Waals surface area contributed by atoms with Crippen LogP contribution in [-0.4, -0.2) is 78.8 Å². The molecule has 2 aliphatic rings. The summed E-state index contributed by atoms with van der Waals surface area (Å²) in [6.45, 7) is 1.20. The van der Waals surface area contributed by atoms with E-state index in [1.165, 1.54) is 17.7 Å². The van der Waals surface area contributed by atoms with E-state index in [-0.39, 0.29) is 19.0 Å². The van der Waals surface area contributed by atoms with Gasteiger partial charge < -0.3 is 20.1 Å².